The predicted molar refractivity (Wildman–Crippen MR) is 96.7 cm³/mol. The molecule has 2 aromatic heterocycles. The van der Waals surface area contributed by atoms with Crippen LogP contribution in [-0.2, 0) is 4.79 Å². The lowest BCUT2D eigenvalue weighted by Gasteiger charge is -2.11. The summed E-state index contributed by atoms with van der Waals surface area (Å²) in [6.07, 6.45) is 9.20. The van der Waals surface area contributed by atoms with Crippen LogP contribution in [0.4, 0.5) is 10.1 Å². The normalized spacial score (nSPS) is 15.0. The molecule has 0 atom stereocenters. The van der Waals surface area contributed by atoms with E-state index < -0.39 is 0 Å². The van der Waals surface area contributed by atoms with Gasteiger partial charge in [-0.3, -0.25) is 9.20 Å². The molecule has 0 radical (unpaired) electrons. The quantitative estimate of drug-likeness (QED) is 0.704. The van der Waals surface area contributed by atoms with Crippen molar-refractivity contribution in [1.29, 1.82) is 0 Å². The summed E-state index contributed by atoms with van der Waals surface area (Å²) < 4.78 is 16.8. The van der Waals surface area contributed by atoms with Crippen molar-refractivity contribution >= 4 is 33.3 Å². The third-order valence-electron chi connectivity index (χ3n) is 4.51. The molecule has 0 saturated heterocycles. The Morgan fingerprint density at radius 2 is 2.08 bits per heavy atom. The second kappa shape index (κ2) is 6.55. The van der Waals surface area contributed by atoms with E-state index in [-0.39, 0.29) is 17.6 Å². The summed E-state index contributed by atoms with van der Waals surface area (Å²) in [6, 6.07) is 4.56. The molecule has 4 rings (SSSR count). The highest BCUT2D eigenvalue weighted by Gasteiger charge is 2.23. The maximum Gasteiger partial charge on any atom is 0.234 e. The number of halogens is 2. The number of imidazole rings is 1. The van der Waals surface area contributed by atoms with Gasteiger partial charge in [0, 0.05) is 35.8 Å². The lowest BCUT2D eigenvalue weighted by molar-refractivity contribution is -0.119. The van der Waals surface area contributed by atoms with Gasteiger partial charge in [-0.1, -0.05) is 12.8 Å². The Morgan fingerprint density at radius 1 is 1.28 bits per heavy atom. The maximum absolute atomic E-state index is 14.3. The number of fused-ring (bicyclic) bond motifs is 1. The molecule has 128 valence electrons. The molecule has 0 spiro atoms. The zero-order chi connectivity index (χ0) is 17.4. The summed E-state index contributed by atoms with van der Waals surface area (Å²) in [5.74, 6) is 0.167. The Balaban J connectivity index is 1.65. The van der Waals surface area contributed by atoms with Gasteiger partial charge in [0.25, 0.3) is 0 Å². The van der Waals surface area contributed by atoms with E-state index in [9.17, 15) is 9.18 Å². The molecule has 0 aliphatic heterocycles. The Labute approximate surface area is 152 Å². The van der Waals surface area contributed by atoms with Gasteiger partial charge in [0.15, 0.2) is 0 Å². The number of nitrogens with one attached hydrogen (secondary N) is 1. The van der Waals surface area contributed by atoms with E-state index in [4.69, 9.17) is 0 Å². The van der Waals surface area contributed by atoms with E-state index in [0.717, 1.165) is 30.2 Å². The molecular weight excluding hydrogens is 387 g/mol. The fourth-order valence-corrected chi connectivity index (χ4v) is 3.54. The number of hydrogen-bond acceptors (Lipinski definition) is 3. The molecule has 0 bridgehead atoms. The van der Waals surface area contributed by atoms with Crippen molar-refractivity contribution < 1.29 is 9.18 Å². The summed E-state index contributed by atoms with van der Waals surface area (Å²) in [6.45, 7) is 0. The number of carbonyl (C=O) groups excluding carboxylic acids is 1. The molecule has 1 fully saturated rings. The summed E-state index contributed by atoms with van der Waals surface area (Å²) >= 11 is 3.35. The Kier molecular flexibility index (Phi) is 4.25. The van der Waals surface area contributed by atoms with E-state index in [2.05, 4.69) is 31.2 Å². The smallest absolute Gasteiger partial charge is 0.234 e. The zero-order valence-corrected chi connectivity index (χ0v) is 15.0. The first-order chi connectivity index (χ1) is 12.1. The van der Waals surface area contributed by atoms with E-state index in [1.165, 1.54) is 6.07 Å². The van der Waals surface area contributed by atoms with Gasteiger partial charge in [0.05, 0.1) is 10.2 Å². The topological polar surface area (TPSA) is 59.3 Å². The van der Waals surface area contributed by atoms with E-state index in [0.29, 0.717) is 22.7 Å². The molecular formula is C18H16BrFN4O. The van der Waals surface area contributed by atoms with Gasteiger partial charge in [-0.05, 0) is 47.0 Å². The molecule has 5 nitrogen and oxygen atoms in total. The third kappa shape index (κ3) is 3.28. The summed E-state index contributed by atoms with van der Waals surface area (Å²) in [5, 5.41) is 2.90. The van der Waals surface area contributed by atoms with Gasteiger partial charge >= 0.3 is 0 Å². The summed E-state index contributed by atoms with van der Waals surface area (Å²) in [5.41, 5.74) is 1.39. The van der Waals surface area contributed by atoms with Crippen LogP contribution in [0, 0.1) is 11.7 Å². The van der Waals surface area contributed by atoms with Crippen LogP contribution >= 0.6 is 15.9 Å². The SMILES string of the molecule is O=C(Nc1ccc(F)c(-c2cn3cc(Br)cnc3n2)c1)C1CCCC1. The Hall–Kier alpha value is -2.28. The van der Waals surface area contributed by atoms with Gasteiger partial charge in [-0.25, -0.2) is 14.4 Å². The maximum atomic E-state index is 14.3. The molecule has 1 aliphatic rings. The van der Waals surface area contributed by atoms with Crippen LogP contribution in [0.25, 0.3) is 17.0 Å². The molecule has 0 unspecified atom stereocenters. The minimum Gasteiger partial charge on any atom is -0.326 e. The van der Waals surface area contributed by atoms with Gasteiger partial charge in [0.2, 0.25) is 11.7 Å². The van der Waals surface area contributed by atoms with Crippen molar-refractivity contribution in [3.05, 3.63) is 47.1 Å². The number of rotatable bonds is 3. The van der Waals surface area contributed by atoms with Crippen LogP contribution in [0.1, 0.15) is 25.7 Å². The largest absolute Gasteiger partial charge is 0.326 e. The number of nitrogens with zero attached hydrogens (tertiary/aromatic N) is 3. The van der Waals surface area contributed by atoms with Crippen molar-refractivity contribution in [2.24, 2.45) is 5.92 Å². The fraction of sp³-hybridized carbons (Fsp3) is 0.278. The molecule has 1 amide bonds. The number of aromatic nitrogens is 3. The highest BCUT2D eigenvalue weighted by molar-refractivity contribution is 9.10. The Bertz CT molecular complexity index is 949. The number of benzene rings is 1. The van der Waals surface area contributed by atoms with E-state index in [1.807, 2.05) is 6.20 Å². The number of hydrogen-bond donors (Lipinski definition) is 1. The second-order valence-corrected chi connectivity index (χ2v) is 7.19. The molecule has 7 heteroatoms. The van der Waals surface area contributed by atoms with Gasteiger partial charge in [0.1, 0.15) is 5.82 Å². The first-order valence-electron chi connectivity index (χ1n) is 8.21. The molecule has 1 saturated carbocycles. The van der Waals surface area contributed by atoms with Crippen LogP contribution in [0.15, 0.2) is 41.3 Å². The first kappa shape index (κ1) is 16.2. The van der Waals surface area contributed by atoms with Crippen molar-refractivity contribution in [2.75, 3.05) is 5.32 Å². The average molecular weight is 403 g/mol. The van der Waals surface area contributed by atoms with Crippen molar-refractivity contribution in [3.63, 3.8) is 0 Å². The summed E-state index contributed by atoms with van der Waals surface area (Å²) in [7, 11) is 0. The second-order valence-electron chi connectivity index (χ2n) is 6.27. The van der Waals surface area contributed by atoms with E-state index in [1.54, 1.807) is 28.9 Å². The number of amides is 1. The molecule has 1 N–H and O–H groups in total. The predicted octanol–water partition coefficient (Wildman–Crippen LogP) is 4.43. The van der Waals surface area contributed by atoms with Crippen molar-refractivity contribution in [3.8, 4) is 11.3 Å². The highest BCUT2D eigenvalue weighted by atomic mass is 79.9. The fourth-order valence-electron chi connectivity index (χ4n) is 3.22. The lowest BCUT2D eigenvalue weighted by atomic mass is 10.1. The number of anilines is 1. The van der Waals surface area contributed by atoms with Gasteiger partial charge in [-0.15, -0.1) is 0 Å². The lowest BCUT2D eigenvalue weighted by Crippen LogP contribution is -2.20. The molecule has 25 heavy (non-hydrogen) atoms. The van der Waals surface area contributed by atoms with Crippen LogP contribution in [-0.4, -0.2) is 20.3 Å². The van der Waals surface area contributed by atoms with Crippen molar-refractivity contribution in [1.82, 2.24) is 14.4 Å². The highest BCUT2D eigenvalue weighted by Crippen LogP contribution is 2.29. The van der Waals surface area contributed by atoms with Crippen LogP contribution < -0.4 is 5.32 Å². The van der Waals surface area contributed by atoms with Crippen LogP contribution in [0.3, 0.4) is 0 Å². The third-order valence-corrected chi connectivity index (χ3v) is 4.92. The molecule has 3 aromatic rings. The number of carbonyl (C=O) groups is 1. The van der Waals surface area contributed by atoms with Crippen LogP contribution in [0.5, 0.6) is 0 Å². The van der Waals surface area contributed by atoms with Crippen LogP contribution in [0.2, 0.25) is 0 Å². The molecule has 1 aromatic carbocycles. The van der Waals surface area contributed by atoms with Gasteiger partial charge < -0.3 is 5.32 Å². The monoisotopic (exact) mass is 402 g/mol. The average Bonchev–Trinajstić information content (AvgIpc) is 3.25. The van der Waals surface area contributed by atoms with Crippen molar-refractivity contribution in [2.45, 2.75) is 25.7 Å². The zero-order valence-electron chi connectivity index (χ0n) is 13.4. The van der Waals surface area contributed by atoms with E-state index >= 15 is 0 Å². The van der Waals surface area contributed by atoms with Gasteiger partial charge in [-0.2, -0.15) is 0 Å². The first-order valence-corrected chi connectivity index (χ1v) is 9.00. The minimum absolute atomic E-state index is 0.00987. The molecule has 2 heterocycles. The summed E-state index contributed by atoms with van der Waals surface area (Å²) in [4.78, 5) is 20.8. The standard InChI is InChI=1S/C18H16BrFN4O/c19-12-8-21-18-23-16(10-24(18)9-12)14-7-13(5-6-15(14)20)22-17(25)11-3-1-2-4-11/h5-11H,1-4H2,(H,22,25). The Morgan fingerprint density at radius 3 is 2.88 bits per heavy atom. The molecule has 1 aliphatic carbocycles. The minimum atomic E-state index is -0.388.